The molecule has 0 saturated heterocycles. The summed E-state index contributed by atoms with van der Waals surface area (Å²) in [7, 11) is 0. The fourth-order valence-corrected chi connectivity index (χ4v) is 2.23. The summed E-state index contributed by atoms with van der Waals surface area (Å²) in [5.74, 6) is 0.0220. The number of rotatable bonds is 2. The average Bonchev–Trinajstić information content (AvgIpc) is 2.33. The monoisotopic (exact) mass is 361 g/mol. The molecule has 2 rings (SSSR count). The molecule has 0 spiro atoms. The number of halogens is 2. The second-order valence-corrected chi connectivity index (χ2v) is 4.94. The van der Waals surface area contributed by atoms with Crippen LogP contribution in [0.25, 0.3) is 0 Å². The van der Waals surface area contributed by atoms with E-state index in [9.17, 15) is 4.79 Å². The first-order chi connectivity index (χ1) is 7.70. The molecule has 0 aromatic heterocycles. The van der Waals surface area contributed by atoms with Gasteiger partial charge in [0.05, 0.1) is 0 Å². The van der Waals surface area contributed by atoms with Crippen molar-refractivity contribution in [1.29, 1.82) is 0 Å². The molecule has 81 valence electrons. The van der Waals surface area contributed by atoms with Crippen molar-refractivity contribution in [3.63, 3.8) is 0 Å². The summed E-state index contributed by atoms with van der Waals surface area (Å²) in [6, 6.07) is 14.8. The van der Waals surface area contributed by atoms with Gasteiger partial charge in [0.15, 0.2) is 5.78 Å². The maximum Gasteiger partial charge on any atom is 0.194 e. The van der Waals surface area contributed by atoms with Crippen LogP contribution in [0.4, 0.5) is 0 Å². The first-order valence-corrected chi connectivity index (χ1v) is 6.32. The van der Waals surface area contributed by atoms with E-state index in [1.807, 2.05) is 48.5 Å². The topological polar surface area (TPSA) is 17.1 Å². The molecule has 0 unspecified atom stereocenters. The Kier molecular flexibility index (Phi) is 6.10. The largest absolute Gasteiger partial charge is 0.289 e. The van der Waals surface area contributed by atoms with E-state index >= 15 is 0 Å². The molecule has 2 aromatic carbocycles. The number of carbonyl (C=O) groups is 1. The normalized spacial score (nSPS) is 9.53. The van der Waals surface area contributed by atoms with E-state index in [1.54, 1.807) is 0 Å². The SMILES string of the molecule is O=C(c1ccccc1)c1cccc(Br)c1Br.[Na]. The van der Waals surface area contributed by atoms with E-state index in [2.05, 4.69) is 31.9 Å². The number of hydrogen-bond acceptors (Lipinski definition) is 1. The molecule has 0 N–H and O–H groups in total. The Morgan fingerprint density at radius 1 is 0.882 bits per heavy atom. The van der Waals surface area contributed by atoms with Crippen molar-refractivity contribution >= 4 is 67.2 Å². The van der Waals surface area contributed by atoms with Gasteiger partial charge in [-0.2, -0.15) is 0 Å². The molecule has 0 aliphatic rings. The summed E-state index contributed by atoms with van der Waals surface area (Å²) in [4.78, 5) is 12.2. The summed E-state index contributed by atoms with van der Waals surface area (Å²) in [5, 5.41) is 0. The van der Waals surface area contributed by atoms with Gasteiger partial charge in [0.25, 0.3) is 0 Å². The molecule has 17 heavy (non-hydrogen) atoms. The Balaban J connectivity index is 0.00000144. The minimum Gasteiger partial charge on any atom is -0.289 e. The first-order valence-electron chi connectivity index (χ1n) is 4.74. The maximum atomic E-state index is 12.2. The van der Waals surface area contributed by atoms with Gasteiger partial charge in [-0.3, -0.25) is 4.79 Å². The van der Waals surface area contributed by atoms with Crippen LogP contribution in [0.2, 0.25) is 0 Å². The summed E-state index contributed by atoms with van der Waals surface area (Å²) in [6.07, 6.45) is 0. The Morgan fingerprint density at radius 3 is 2.18 bits per heavy atom. The zero-order valence-corrected chi connectivity index (χ0v) is 14.5. The van der Waals surface area contributed by atoms with Gasteiger partial charge in [-0.05, 0) is 44.0 Å². The minimum atomic E-state index is 0. The van der Waals surface area contributed by atoms with Crippen LogP contribution < -0.4 is 0 Å². The van der Waals surface area contributed by atoms with Gasteiger partial charge in [-0.15, -0.1) is 0 Å². The molecule has 0 saturated carbocycles. The van der Waals surface area contributed by atoms with Crippen LogP contribution in [0.15, 0.2) is 57.5 Å². The van der Waals surface area contributed by atoms with Crippen molar-refractivity contribution in [2.45, 2.75) is 0 Å². The quantitative estimate of drug-likeness (QED) is 0.581. The van der Waals surface area contributed by atoms with Crippen LogP contribution in [0, 0.1) is 0 Å². The van der Waals surface area contributed by atoms with Gasteiger partial charge in [0.1, 0.15) is 0 Å². The first kappa shape index (κ1) is 15.1. The molecule has 0 amide bonds. The molecule has 0 aliphatic heterocycles. The number of ketones is 1. The fraction of sp³-hybridized carbons (Fsp3) is 0. The van der Waals surface area contributed by atoms with Gasteiger partial charge >= 0.3 is 0 Å². The van der Waals surface area contributed by atoms with E-state index in [0.29, 0.717) is 11.1 Å². The van der Waals surface area contributed by atoms with E-state index in [4.69, 9.17) is 0 Å². The zero-order valence-electron chi connectivity index (χ0n) is 9.28. The molecule has 0 bridgehead atoms. The van der Waals surface area contributed by atoms with Crippen LogP contribution in [0.5, 0.6) is 0 Å². The van der Waals surface area contributed by atoms with Crippen LogP contribution >= 0.6 is 31.9 Å². The van der Waals surface area contributed by atoms with Crippen LogP contribution in [-0.2, 0) is 0 Å². The second-order valence-electron chi connectivity index (χ2n) is 3.30. The van der Waals surface area contributed by atoms with E-state index in [-0.39, 0.29) is 35.3 Å². The maximum absolute atomic E-state index is 12.2. The Morgan fingerprint density at radius 2 is 1.53 bits per heavy atom. The molecule has 0 aliphatic carbocycles. The average molecular weight is 363 g/mol. The van der Waals surface area contributed by atoms with E-state index in [1.165, 1.54) is 0 Å². The third-order valence-electron chi connectivity index (χ3n) is 2.23. The Hall–Kier alpha value is 0.0700. The van der Waals surface area contributed by atoms with Gasteiger partial charge in [-0.1, -0.05) is 36.4 Å². The van der Waals surface area contributed by atoms with E-state index < -0.39 is 0 Å². The fourth-order valence-electron chi connectivity index (χ4n) is 1.42. The molecular formula is C13H8Br2NaO. The van der Waals surface area contributed by atoms with Crippen molar-refractivity contribution in [2.24, 2.45) is 0 Å². The number of benzene rings is 2. The van der Waals surface area contributed by atoms with Crippen molar-refractivity contribution in [3.05, 3.63) is 68.6 Å². The van der Waals surface area contributed by atoms with E-state index in [0.717, 1.165) is 8.95 Å². The number of hydrogen-bond donors (Lipinski definition) is 0. The minimum absolute atomic E-state index is 0. The molecule has 0 fully saturated rings. The van der Waals surface area contributed by atoms with Gasteiger partial charge in [0.2, 0.25) is 0 Å². The summed E-state index contributed by atoms with van der Waals surface area (Å²) in [6.45, 7) is 0. The second kappa shape index (κ2) is 6.86. The molecule has 1 radical (unpaired) electrons. The van der Waals surface area contributed by atoms with Crippen molar-refractivity contribution in [1.82, 2.24) is 0 Å². The van der Waals surface area contributed by atoms with Crippen LogP contribution in [-0.4, -0.2) is 35.3 Å². The van der Waals surface area contributed by atoms with Crippen molar-refractivity contribution in [2.75, 3.05) is 0 Å². The molecule has 0 heterocycles. The Bertz CT molecular complexity index is 526. The predicted molar refractivity (Wildman–Crippen MR) is 77.5 cm³/mol. The summed E-state index contributed by atoms with van der Waals surface area (Å²) < 4.78 is 1.68. The van der Waals surface area contributed by atoms with Gasteiger partial charge in [0, 0.05) is 49.6 Å². The third kappa shape index (κ3) is 3.52. The molecule has 0 atom stereocenters. The molecular weight excluding hydrogens is 355 g/mol. The standard InChI is InChI=1S/C13H8Br2O.Na/c14-11-8-4-7-10(12(11)15)13(16)9-5-2-1-3-6-9;/h1-8H;. The van der Waals surface area contributed by atoms with Gasteiger partial charge in [-0.25, -0.2) is 0 Å². The zero-order chi connectivity index (χ0) is 11.5. The van der Waals surface area contributed by atoms with Crippen LogP contribution in [0.1, 0.15) is 15.9 Å². The summed E-state index contributed by atoms with van der Waals surface area (Å²) in [5.41, 5.74) is 1.36. The van der Waals surface area contributed by atoms with Crippen LogP contribution in [0.3, 0.4) is 0 Å². The molecule has 1 nitrogen and oxygen atoms in total. The van der Waals surface area contributed by atoms with Crippen molar-refractivity contribution in [3.8, 4) is 0 Å². The van der Waals surface area contributed by atoms with Gasteiger partial charge < -0.3 is 0 Å². The smallest absolute Gasteiger partial charge is 0.194 e. The predicted octanol–water partition coefficient (Wildman–Crippen LogP) is 4.06. The van der Waals surface area contributed by atoms with Crippen molar-refractivity contribution < 1.29 is 4.79 Å². The summed E-state index contributed by atoms with van der Waals surface area (Å²) >= 11 is 6.80. The molecule has 4 heteroatoms. The third-order valence-corrected chi connectivity index (χ3v) is 4.28. The Labute approximate surface area is 139 Å². The number of carbonyl (C=O) groups excluding carboxylic acids is 1. The molecule has 2 aromatic rings.